The molecule has 0 aromatic rings. The molecule has 0 bridgehead atoms. The van der Waals surface area contributed by atoms with Crippen molar-refractivity contribution in [3.8, 4) is 0 Å². The van der Waals surface area contributed by atoms with Crippen LogP contribution in [0.4, 0.5) is 0 Å². The largest absolute Gasteiger partial charge is 0.480 e. The summed E-state index contributed by atoms with van der Waals surface area (Å²) < 4.78 is 11.5. The molecule has 20 heavy (non-hydrogen) atoms. The van der Waals surface area contributed by atoms with E-state index in [-0.39, 0.29) is 12.3 Å². The summed E-state index contributed by atoms with van der Waals surface area (Å²) in [7, 11) is 0. The van der Waals surface area contributed by atoms with Crippen LogP contribution in [0.2, 0.25) is 0 Å². The van der Waals surface area contributed by atoms with Gasteiger partial charge in [0, 0.05) is 24.9 Å². The highest BCUT2D eigenvalue weighted by Crippen LogP contribution is 2.39. The summed E-state index contributed by atoms with van der Waals surface area (Å²) in [6.45, 7) is 1.59. The smallest absolute Gasteiger partial charge is 0.317 e. The van der Waals surface area contributed by atoms with Crippen molar-refractivity contribution in [1.29, 1.82) is 0 Å². The Morgan fingerprint density at radius 2 is 1.60 bits per heavy atom. The molecule has 3 rings (SSSR count). The van der Waals surface area contributed by atoms with Crippen molar-refractivity contribution in [1.82, 2.24) is 4.90 Å². The fraction of sp³-hybridized carbons (Fsp3) is 0.933. The van der Waals surface area contributed by atoms with Gasteiger partial charge >= 0.3 is 5.97 Å². The van der Waals surface area contributed by atoms with Crippen LogP contribution in [0.5, 0.6) is 0 Å². The van der Waals surface area contributed by atoms with Crippen LogP contribution in [0.15, 0.2) is 0 Å². The maximum atomic E-state index is 11.2. The number of ether oxygens (including phenoxy) is 2. The second-order valence-electron chi connectivity index (χ2n) is 6.34. The highest BCUT2D eigenvalue weighted by molar-refractivity contribution is 5.69. The molecule has 1 spiro atoms. The quantitative estimate of drug-likeness (QED) is 0.855. The number of carboxylic acids is 1. The van der Waals surface area contributed by atoms with Gasteiger partial charge in [0.05, 0.1) is 19.8 Å². The molecule has 0 amide bonds. The van der Waals surface area contributed by atoms with Gasteiger partial charge in [-0.2, -0.15) is 0 Å². The maximum Gasteiger partial charge on any atom is 0.317 e. The maximum absolute atomic E-state index is 11.2. The minimum atomic E-state index is -0.703. The van der Waals surface area contributed by atoms with Gasteiger partial charge in [-0.25, -0.2) is 0 Å². The Kier molecular flexibility index (Phi) is 4.29. The monoisotopic (exact) mass is 283 g/mol. The average Bonchev–Trinajstić information content (AvgIpc) is 3.09. The number of hydrogen-bond donors (Lipinski definition) is 1. The molecule has 0 aromatic heterocycles. The molecule has 1 aliphatic heterocycles. The third-order valence-electron chi connectivity index (χ3n) is 5.11. The number of hydrogen-bond acceptors (Lipinski definition) is 4. The Morgan fingerprint density at radius 1 is 1.05 bits per heavy atom. The minimum absolute atomic E-state index is 0.185. The molecule has 0 radical (unpaired) electrons. The Hall–Kier alpha value is -0.650. The van der Waals surface area contributed by atoms with Crippen LogP contribution in [0, 0.1) is 0 Å². The Bertz CT molecular complexity index is 338. The van der Waals surface area contributed by atoms with Crippen molar-refractivity contribution < 1.29 is 19.4 Å². The average molecular weight is 283 g/mol. The minimum Gasteiger partial charge on any atom is -0.480 e. The third kappa shape index (κ3) is 3.00. The Balaban J connectivity index is 1.61. The summed E-state index contributed by atoms with van der Waals surface area (Å²) in [6.07, 6.45) is 8.58. The van der Waals surface area contributed by atoms with E-state index in [2.05, 4.69) is 4.90 Å². The van der Waals surface area contributed by atoms with Crippen LogP contribution >= 0.6 is 0 Å². The van der Waals surface area contributed by atoms with E-state index in [9.17, 15) is 9.90 Å². The van der Waals surface area contributed by atoms with E-state index in [4.69, 9.17) is 9.47 Å². The number of rotatable bonds is 4. The molecule has 2 saturated carbocycles. The van der Waals surface area contributed by atoms with Crippen molar-refractivity contribution in [2.45, 2.75) is 69.2 Å². The van der Waals surface area contributed by atoms with E-state index in [1.54, 1.807) is 0 Å². The predicted octanol–water partition coefficient (Wildman–Crippen LogP) is 2.00. The Morgan fingerprint density at radius 3 is 2.15 bits per heavy atom. The van der Waals surface area contributed by atoms with E-state index in [1.165, 1.54) is 12.8 Å². The van der Waals surface area contributed by atoms with Crippen molar-refractivity contribution in [2.24, 2.45) is 0 Å². The van der Waals surface area contributed by atoms with Gasteiger partial charge in [-0.05, 0) is 25.7 Å². The van der Waals surface area contributed by atoms with Gasteiger partial charge in [0.25, 0.3) is 0 Å². The molecule has 0 atom stereocenters. The first-order valence-electron chi connectivity index (χ1n) is 7.94. The molecule has 5 heteroatoms. The van der Waals surface area contributed by atoms with Crippen LogP contribution in [-0.2, 0) is 14.3 Å². The van der Waals surface area contributed by atoms with Crippen LogP contribution in [0.25, 0.3) is 0 Å². The number of nitrogens with zero attached hydrogens (tertiary/aromatic N) is 1. The number of carbonyl (C=O) groups is 1. The highest BCUT2D eigenvalue weighted by atomic mass is 16.7. The van der Waals surface area contributed by atoms with Crippen LogP contribution in [-0.4, -0.2) is 53.6 Å². The van der Waals surface area contributed by atoms with Crippen LogP contribution in [0.3, 0.4) is 0 Å². The lowest BCUT2D eigenvalue weighted by molar-refractivity contribution is -0.185. The summed E-state index contributed by atoms with van der Waals surface area (Å²) in [4.78, 5) is 13.4. The first-order valence-corrected chi connectivity index (χ1v) is 7.94. The molecule has 3 fully saturated rings. The van der Waals surface area contributed by atoms with E-state index >= 15 is 0 Å². The molecule has 1 heterocycles. The summed E-state index contributed by atoms with van der Waals surface area (Å²) >= 11 is 0. The van der Waals surface area contributed by atoms with Crippen molar-refractivity contribution in [3.63, 3.8) is 0 Å². The second-order valence-corrected chi connectivity index (χ2v) is 6.34. The SMILES string of the molecule is O=C(O)CN(C1CCCC1)C1CCC2(CC1)OCCO2. The Labute approximate surface area is 120 Å². The molecular weight excluding hydrogens is 258 g/mol. The zero-order valence-corrected chi connectivity index (χ0v) is 12.1. The van der Waals surface area contributed by atoms with Crippen LogP contribution in [0.1, 0.15) is 51.4 Å². The zero-order valence-electron chi connectivity index (χ0n) is 12.1. The molecular formula is C15H25NO4. The normalized spacial score (nSPS) is 27.6. The second kappa shape index (κ2) is 6.00. The summed E-state index contributed by atoms with van der Waals surface area (Å²) in [5.74, 6) is -1.05. The summed E-state index contributed by atoms with van der Waals surface area (Å²) in [5.41, 5.74) is 0. The van der Waals surface area contributed by atoms with E-state index in [0.717, 1.165) is 38.5 Å². The highest BCUT2D eigenvalue weighted by Gasteiger charge is 2.42. The standard InChI is InChI=1S/C15H25NO4/c17-14(18)11-16(12-3-1-2-4-12)13-5-7-15(8-6-13)19-9-10-20-15/h12-13H,1-11H2,(H,17,18). The molecule has 3 aliphatic rings. The molecule has 1 N–H and O–H groups in total. The summed E-state index contributed by atoms with van der Waals surface area (Å²) in [5, 5.41) is 9.19. The van der Waals surface area contributed by atoms with E-state index in [1.807, 2.05) is 0 Å². The van der Waals surface area contributed by atoms with E-state index < -0.39 is 5.97 Å². The van der Waals surface area contributed by atoms with Crippen molar-refractivity contribution >= 4 is 5.97 Å². The van der Waals surface area contributed by atoms with Gasteiger partial charge in [-0.3, -0.25) is 9.69 Å². The molecule has 0 unspecified atom stereocenters. The van der Waals surface area contributed by atoms with Gasteiger partial charge in [0.1, 0.15) is 0 Å². The first kappa shape index (κ1) is 14.3. The van der Waals surface area contributed by atoms with Gasteiger partial charge in [-0.15, -0.1) is 0 Å². The van der Waals surface area contributed by atoms with Gasteiger partial charge < -0.3 is 14.6 Å². The van der Waals surface area contributed by atoms with E-state index in [0.29, 0.717) is 25.3 Å². The molecule has 5 nitrogen and oxygen atoms in total. The van der Waals surface area contributed by atoms with Gasteiger partial charge in [0.2, 0.25) is 0 Å². The molecule has 114 valence electrons. The zero-order chi connectivity index (χ0) is 14.0. The fourth-order valence-electron chi connectivity index (χ4n) is 4.11. The topological polar surface area (TPSA) is 59.0 Å². The lowest BCUT2D eigenvalue weighted by Crippen LogP contribution is -2.49. The lowest BCUT2D eigenvalue weighted by atomic mass is 9.88. The number of carboxylic acid groups (broad SMARTS) is 1. The lowest BCUT2D eigenvalue weighted by Gasteiger charge is -2.42. The number of aliphatic carboxylic acids is 1. The molecule has 2 aliphatic carbocycles. The van der Waals surface area contributed by atoms with Crippen LogP contribution < -0.4 is 0 Å². The van der Waals surface area contributed by atoms with Crippen molar-refractivity contribution in [2.75, 3.05) is 19.8 Å². The molecule has 1 saturated heterocycles. The first-order chi connectivity index (χ1) is 9.69. The third-order valence-corrected chi connectivity index (χ3v) is 5.11. The van der Waals surface area contributed by atoms with Crippen molar-refractivity contribution in [3.05, 3.63) is 0 Å². The molecule has 0 aromatic carbocycles. The van der Waals surface area contributed by atoms with Gasteiger partial charge in [-0.1, -0.05) is 12.8 Å². The van der Waals surface area contributed by atoms with Gasteiger partial charge in [0.15, 0.2) is 5.79 Å². The summed E-state index contributed by atoms with van der Waals surface area (Å²) in [6, 6.07) is 0.850. The predicted molar refractivity (Wildman–Crippen MR) is 73.5 cm³/mol. The fourth-order valence-corrected chi connectivity index (χ4v) is 4.11.